The highest BCUT2D eigenvalue weighted by atomic mass is 32.2. The molecule has 0 spiro atoms. The molecule has 0 aliphatic carbocycles. The van der Waals surface area contributed by atoms with Gasteiger partial charge in [-0.15, -0.1) is 0 Å². The zero-order valence-corrected chi connectivity index (χ0v) is 13.9. The van der Waals surface area contributed by atoms with Crippen LogP contribution < -0.4 is 5.32 Å². The van der Waals surface area contributed by atoms with Crippen LogP contribution in [0.1, 0.15) is 25.3 Å². The number of hydrogen-bond acceptors (Lipinski definition) is 5. The summed E-state index contributed by atoms with van der Waals surface area (Å²) in [6.45, 7) is 4.12. The number of benzene rings is 2. The first kappa shape index (κ1) is 17.0. The van der Waals surface area contributed by atoms with Crippen LogP contribution in [0.3, 0.4) is 0 Å². The molecule has 0 aliphatic heterocycles. The predicted octanol–water partition coefficient (Wildman–Crippen LogP) is 3.87. The Morgan fingerprint density at radius 3 is 2.39 bits per heavy atom. The van der Waals surface area contributed by atoms with Crippen LogP contribution in [0.25, 0.3) is 0 Å². The second-order valence-corrected chi connectivity index (χ2v) is 7.63. The minimum absolute atomic E-state index is 0.0781. The van der Waals surface area contributed by atoms with Crippen LogP contribution in [0.5, 0.6) is 0 Å². The van der Waals surface area contributed by atoms with Crippen molar-refractivity contribution in [3.05, 3.63) is 58.1 Å². The zero-order valence-electron chi connectivity index (χ0n) is 13.1. The molecule has 7 heteroatoms. The molecular formula is C16H18N2O4S. The molecule has 0 saturated carbocycles. The van der Waals surface area contributed by atoms with E-state index in [0.29, 0.717) is 11.6 Å². The molecule has 23 heavy (non-hydrogen) atoms. The van der Waals surface area contributed by atoms with Gasteiger partial charge in [0.2, 0.25) is 0 Å². The lowest BCUT2D eigenvalue weighted by atomic mass is 10.0. The average Bonchev–Trinajstić information content (AvgIpc) is 2.46. The van der Waals surface area contributed by atoms with Crippen LogP contribution in [0.4, 0.5) is 17.1 Å². The van der Waals surface area contributed by atoms with Gasteiger partial charge >= 0.3 is 0 Å². The van der Waals surface area contributed by atoms with Gasteiger partial charge in [0, 0.05) is 18.0 Å². The highest BCUT2D eigenvalue weighted by Crippen LogP contribution is 2.31. The number of nitro benzene ring substituents is 1. The number of nitro groups is 1. The molecule has 2 rings (SSSR count). The Morgan fingerprint density at radius 2 is 1.83 bits per heavy atom. The molecule has 0 bridgehead atoms. The Morgan fingerprint density at radius 1 is 1.13 bits per heavy atom. The van der Waals surface area contributed by atoms with E-state index < -0.39 is 14.8 Å². The first-order chi connectivity index (χ1) is 10.7. The SMILES string of the molecule is CC(C)c1cccc(Nc2ccc(S(C)(=O)=O)cc2[N+](=O)[O-])c1. The number of anilines is 2. The van der Waals surface area contributed by atoms with Gasteiger partial charge in [-0.1, -0.05) is 26.0 Å². The molecule has 6 nitrogen and oxygen atoms in total. The topological polar surface area (TPSA) is 89.3 Å². The van der Waals surface area contributed by atoms with Crippen LogP contribution in [0.2, 0.25) is 0 Å². The molecule has 0 saturated heterocycles. The van der Waals surface area contributed by atoms with Crippen LogP contribution in [0.15, 0.2) is 47.4 Å². The predicted molar refractivity (Wildman–Crippen MR) is 90.0 cm³/mol. The van der Waals surface area contributed by atoms with Crippen molar-refractivity contribution in [3.8, 4) is 0 Å². The molecular weight excluding hydrogens is 316 g/mol. The van der Waals surface area contributed by atoms with Crippen LogP contribution in [0, 0.1) is 10.1 Å². The van der Waals surface area contributed by atoms with Gasteiger partial charge < -0.3 is 5.32 Å². The van der Waals surface area contributed by atoms with Crippen LogP contribution >= 0.6 is 0 Å². The summed E-state index contributed by atoms with van der Waals surface area (Å²) in [6, 6.07) is 11.4. The second-order valence-electron chi connectivity index (χ2n) is 5.61. The van der Waals surface area contributed by atoms with E-state index in [-0.39, 0.29) is 16.3 Å². The molecule has 0 fully saturated rings. The van der Waals surface area contributed by atoms with Crippen molar-refractivity contribution < 1.29 is 13.3 Å². The number of hydrogen-bond donors (Lipinski definition) is 1. The Bertz CT molecular complexity index is 845. The lowest BCUT2D eigenvalue weighted by molar-refractivity contribution is -0.384. The third-order valence-corrected chi connectivity index (χ3v) is 4.54. The van der Waals surface area contributed by atoms with Gasteiger partial charge in [0.1, 0.15) is 5.69 Å². The Labute approximate surface area is 135 Å². The summed E-state index contributed by atoms with van der Waals surface area (Å²) in [7, 11) is -3.50. The van der Waals surface area contributed by atoms with E-state index in [1.54, 1.807) is 6.07 Å². The van der Waals surface area contributed by atoms with Gasteiger partial charge in [0.05, 0.1) is 9.82 Å². The average molecular weight is 334 g/mol. The minimum atomic E-state index is -3.50. The maximum Gasteiger partial charge on any atom is 0.293 e. The van der Waals surface area contributed by atoms with Crippen molar-refractivity contribution in [1.29, 1.82) is 0 Å². The van der Waals surface area contributed by atoms with Gasteiger partial charge in [-0.3, -0.25) is 10.1 Å². The first-order valence-electron chi connectivity index (χ1n) is 7.04. The normalized spacial score (nSPS) is 11.5. The zero-order chi connectivity index (χ0) is 17.2. The summed E-state index contributed by atoms with van der Waals surface area (Å²) in [5.74, 6) is 0.333. The van der Waals surface area contributed by atoms with Gasteiger partial charge in [-0.2, -0.15) is 0 Å². The summed E-state index contributed by atoms with van der Waals surface area (Å²) in [5, 5.41) is 14.2. The summed E-state index contributed by atoms with van der Waals surface area (Å²) < 4.78 is 23.1. The fourth-order valence-corrected chi connectivity index (χ4v) is 2.77. The fourth-order valence-electron chi connectivity index (χ4n) is 2.13. The lowest BCUT2D eigenvalue weighted by Gasteiger charge is -2.11. The van der Waals surface area contributed by atoms with E-state index in [2.05, 4.69) is 19.2 Å². The van der Waals surface area contributed by atoms with Crippen molar-refractivity contribution in [2.45, 2.75) is 24.7 Å². The van der Waals surface area contributed by atoms with Crippen LogP contribution in [-0.2, 0) is 9.84 Å². The third kappa shape index (κ3) is 4.07. The highest BCUT2D eigenvalue weighted by Gasteiger charge is 2.19. The maximum absolute atomic E-state index is 11.6. The molecule has 122 valence electrons. The van der Waals surface area contributed by atoms with Crippen molar-refractivity contribution in [2.75, 3.05) is 11.6 Å². The minimum Gasteiger partial charge on any atom is -0.350 e. The second kappa shape index (κ2) is 6.37. The molecule has 0 aromatic heterocycles. The van der Waals surface area contributed by atoms with Crippen molar-refractivity contribution in [3.63, 3.8) is 0 Å². The quantitative estimate of drug-likeness (QED) is 0.662. The summed E-state index contributed by atoms with van der Waals surface area (Å²) >= 11 is 0. The standard InChI is InChI=1S/C16H18N2O4S/c1-11(2)12-5-4-6-13(9-12)17-15-8-7-14(23(3,21)22)10-16(15)18(19)20/h4-11,17H,1-3H3. The summed E-state index contributed by atoms with van der Waals surface area (Å²) in [6.07, 6.45) is 1.02. The molecule has 0 unspecified atom stereocenters. The van der Waals surface area contributed by atoms with E-state index in [0.717, 1.165) is 17.9 Å². The molecule has 0 aliphatic rings. The number of rotatable bonds is 5. The summed E-state index contributed by atoms with van der Waals surface area (Å²) in [4.78, 5) is 10.6. The highest BCUT2D eigenvalue weighted by molar-refractivity contribution is 7.90. The molecule has 0 heterocycles. The van der Waals surface area contributed by atoms with E-state index in [1.165, 1.54) is 12.1 Å². The fraction of sp³-hybridized carbons (Fsp3) is 0.250. The third-order valence-electron chi connectivity index (χ3n) is 3.43. The van der Waals surface area contributed by atoms with E-state index in [4.69, 9.17) is 0 Å². The number of sulfone groups is 1. The Hall–Kier alpha value is -2.41. The monoisotopic (exact) mass is 334 g/mol. The van der Waals surface area contributed by atoms with Crippen molar-refractivity contribution in [1.82, 2.24) is 0 Å². The van der Waals surface area contributed by atoms with Gasteiger partial charge in [-0.25, -0.2) is 8.42 Å². The molecule has 1 N–H and O–H groups in total. The Kier molecular flexibility index (Phi) is 4.70. The van der Waals surface area contributed by atoms with Crippen molar-refractivity contribution >= 4 is 26.9 Å². The van der Waals surface area contributed by atoms with Gasteiger partial charge in [0.15, 0.2) is 9.84 Å². The Balaban J connectivity index is 2.44. The molecule has 0 amide bonds. The molecule has 2 aromatic rings. The van der Waals surface area contributed by atoms with E-state index in [1.807, 2.05) is 18.2 Å². The van der Waals surface area contributed by atoms with Crippen molar-refractivity contribution in [2.24, 2.45) is 0 Å². The molecule has 0 atom stereocenters. The smallest absolute Gasteiger partial charge is 0.293 e. The van der Waals surface area contributed by atoms with E-state index >= 15 is 0 Å². The van der Waals surface area contributed by atoms with Gasteiger partial charge in [0.25, 0.3) is 5.69 Å². The largest absolute Gasteiger partial charge is 0.350 e. The molecule has 2 aromatic carbocycles. The van der Waals surface area contributed by atoms with Crippen LogP contribution in [-0.4, -0.2) is 19.6 Å². The van der Waals surface area contributed by atoms with E-state index in [9.17, 15) is 18.5 Å². The number of nitrogens with zero attached hydrogens (tertiary/aromatic N) is 1. The summed E-state index contributed by atoms with van der Waals surface area (Å²) in [5.41, 5.74) is 1.79. The van der Waals surface area contributed by atoms with Gasteiger partial charge in [-0.05, 0) is 35.7 Å². The maximum atomic E-state index is 11.6. The number of nitrogens with one attached hydrogen (secondary N) is 1. The first-order valence-corrected chi connectivity index (χ1v) is 8.93. The molecule has 0 radical (unpaired) electrons. The lowest BCUT2D eigenvalue weighted by Crippen LogP contribution is -2.02.